The zero-order valence-electron chi connectivity index (χ0n) is 22.2. The normalized spacial score (nSPS) is 14.0. The van der Waals surface area contributed by atoms with Crippen LogP contribution in [-0.2, 0) is 15.1 Å². The van der Waals surface area contributed by atoms with Crippen LogP contribution in [0.4, 0.5) is 0 Å². The van der Waals surface area contributed by atoms with E-state index in [0.717, 1.165) is 42.9 Å². The molecule has 41 heavy (non-hydrogen) atoms. The van der Waals surface area contributed by atoms with Gasteiger partial charge in [-0.25, -0.2) is 0 Å². The summed E-state index contributed by atoms with van der Waals surface area (Å²) in [4.78, 5) is 1.16. The van der Waals surface area contributed by atoms with Gasteiger partial charge in [0.25, 0.3) is 0 Å². The predicted octanol–water partition coefficient (Wildman–Crippen LogP) is 9.75. The molecule has 0 aliphatic carbocycles. The number of ether oxygens (including phenoxy) is 3. The number of rotatable bonds is 7. The number of hydrogen-bond acceptors (Lipinski definition) is 4. The van der Waals surface area contributed by atoms with E-state index >= 15 is 0 Å². The molecular weight excluding hydrogens is 592 g/mol. The van der Waals surface area contributed by atoms with Gasteiger partial charge < -0.3 is 14.2 Å². The highest BCUT2D eigenvalue weighted by Crippen LogP contribution is 2.47. The van der Waals surface area contributed by atoms with Gasteiger partial charge in [0, 0.05) is 36.1 Å². The van der Waals surface area contributed by atoms with Gasteiger partial charge in [-0.2, -0.15) is 0 Å². The van der Waals surface area contributed by atoms with E-state index in [-0.39, 0.29) is 0 Å². The lowest BCUT2D eigenvalue weighted by Crippen LogP contribution is -2.36. The minimum Gasteiger partial charge on any atom is -0.473 e. The molecule has 1 aliphatic rings. The fourth-order valence-electron chi connectivity index (χ4n) is 5.56. The molecule has 0 N–H and O–H groups in total. The Kier molecular flexibility index (Phi) is 7.19. The van der Waals surface area contributed by atoms with Gasteiger partial charge >= 0.3 is 0 Å². The van der Waals surface area contributed by atoms with Crippen LogP contribution in [0, 0.1) is 0 Å². The average Bonchev–Trinajstić information content (AvgIpc) is 3.70. The SMILES string of the molecule is Brc1c(-c2ccc(OC(c3ccccc3)(c3ccccc3)c3ccccc3)c(C3OCCO3)c2)sc2ccccc12. The first-order chi connectivity index (χ1) is 20.2. The summed E-state index contributed by atoms with van der Waals surface area (Å²) in [5, 5.41) is 1.21. The smallest absolute Gasteiger partial charge is 0.187 e. The number of benzene rings is 5. The Balaban J connectivity index is 1.43. The van der Waals surface area contributed by atoms with Crippen molar-refractivity contribution < 1.29 is 14.2 Å². The zero-order chi connectivity index (χ0) is 27.6. The van der Waals surface area contributed by atoms with Gasteiger partial charge in [-0.1, -0.05) is 109 Å². The van der Waals surface area contributed by atoms with Crippen LogP contribution < -0.4 is 4.74 Å². The maximum absolute atomic E-state index is 7.32. The van der Waals surface area contributed by atoms with E-state index in [1.807, 2.05) is 18.2 Å². The summed E-state index contributed by atoms with van der Waals surface area (Å²) >= 11 is 5.64. The van der Waals surface area contributed by atoms with Crippen molar-refractivity contribution in [3.8, 4) is 16.2 Å². The topological polar surface area (TPSA) is 27.7 Å². The summed E-state index contributed by atoms with van der Waals surface area (Å²) in [5.74, 6) is 0.717. The Labute approximate surface area is 252 Å². The second-order valence-corrected chi connectivity index (χ2v) is 11.8. The van der Waals surface area contributed by atoms with Crippen molar-refractivity contribution in [2.24, 2.45) is 0 Å². The first-order valence-corrected chi connectivity index (χ1v) is 15.2. The van der Waals surface area contributed by atoms with Crippen LogP contribution in [0.15, 0.2) is 138 Å². The third-order valence-corrected chi connectivity index (χ3v) is 9.79. The molecule has 0 saturated carbocycles. The average molecular weight is 620 g/mol. The Morgan fingerprint density at radius 2 is 1.20 bits per heavy atom. The molecule has 7 rings (SSSR count). The lowest BCUT2D eigenvalue weighted by atomic mass is 9.80. The van der Waals surface area contributed by atoms with Gasteiger partial charge in [-0.05, 0) is 45.8 Å². The summed E-state index contributed by atoms with van der Waals surface area (Å²) < 4.78 is 21.8. The highest BCUT2D eigenvalue weighted by molar-refractivity contribution is 9.10. The van der Waals surface area contributed by atoms with E-state index < -0.39 is 11.9 Å². The van der Waals surface area contributed by atoms with E-state index in [1.165, 1.54) is 10.1 Å². The molecule has 6 aromatic rings. The van der Waals surface area contributed by atoms with Crippen molar-refractivity contribution in [3.05, 3.63) is 160 Å². The third kappa shape index (κ3) is 4.79. The lowest BCUT2D eigenvalue weighted by Gasteiger charge is -2.37. The van der Waals surface area contributed by atoms with Gasteiger partial charge in [-0.3, -0.25) is 0 Å². The minimum atomic E-state index is -0.906. The Morgan fingerprint density at radius 3 is 1.76 bits per heavy atom. The van der Waals surface area contributed by atoms with E-state index in [1.54, 1.807) is 11.3 Å². The van der Waals surface area contributed by atoms with Crippen LogP contribution >= 0.6 is 27.3 Å². The van der Waals surface area contributed by atoms with Crippen molar-refractivity contribution in [1.82, 2.24) is 0 Å². The molecule has 5 heteroatoms. The highest BCUT2D eigenvalue weighted by Gasteiger charge is 2.40. The maximum atomic E-state index is 7.32. The summed E-state index contributed by atoms with van der Waals surface area (Å²) in [7, 11) is 0. The van der Waals surface area contributed by atoms with Crippen LogP contribution in [0.5, 0.6) is 5.75 Å². The fraction of sp³-hybridized carbons (Fsp3) is 0.111. The van der Waals surface area contributed by atoms with E-state index in [4.69, 9.17) is 14.2 Å². The quantitative estimate of drug-likeness (QED) is 0.167. The number of thiophene rings is 1. The van der Waals surface area contributed by atoms with Crippen molar-refractivity contribution in [3.63, 3.8) is 0 Å². The molecule has 0 radical (unpaired) electrons. The van der Waals surface area contributed by atoms with Gasteiger partial charge in [0.1, 0.15) is 5.75 Å². The van der Waals surface area contributed by atoms with E-state index in [0.29, 0.717) is 13.2 Å². The van der Waals surface area contributed by atoms with Gasteiger partial charge in [0.05, 0.1) is 18.8 Å². The molecule has 5 aromatic carbocycles. The number of fused-ring (bicyclic) bond motifs is 1. The molecule has 1 fully saturated rings. The molecule has 0 spiro atoms. The fourth-order valence-corrected chi connectivity index (χ4v) is 7.60. The van der Waals surface area contributed by atoms with Crippen LogP contribution in [0.25, 0.3) is 20.5 Å². The number of halogens is 1. The minimum absolute atomic E-state index is 0.516. The summed E-state index contributed by atoms with van der Waals surface area (Å²) in [5.41, 5.74) is 4.16. The molecule has 1 saturated heterocycles. The Morgan fingerprint density at radius 1 is 0.659 bits per heavy atom. The van der Waals surface area contributed by atoms with Crippen molar-refractivity contribution in [2.45, 2.75) is 11.9 Å². The second kappa shape index (κ2) is 11.3. The highest BCUT2D eigenvalue weighted by atomic mass is 79.9. The molecule has 3 nitrogen and oxygen atoms in total. The molecule has 2 heterocycles. The maximum Gasteiger partial charge on any atom is 0.187 e. The zero-order valence-corrected chi connectivity index (χ0v) is 24.6. The first-order valence-electron chi connectivity index (χ1n) is 13.6. The Bertz CT molecular complexity index is 1680. The van der Waals surface area contributed by atoms with Crippen molar-refractivity contribution in [1.29, 1.82) is 0 Å². The van der Waals surface area contributed by atoms with Gasteiger partial charge in [-0.15, -0.1) is 11.3 Å². The number of hydrogen-bond donors (Lipinski definition) is 0. The van der Waals surface area contributed by atoms with Crippen molar-refractivity contribution >= 4 is 37.4 Å². The summed E-state index contributed by atoms with van der Waals surface area (Å²) in [6, 6.07) is 46.1. The summed E-state index contributed by atoms with van der Waals surface area (Å²) in [6.45, 7) is 1.09. The molecule has 0 bridgehead atoms. The summed E-state index contributed by atoms with van der Waals surface area (Å²) in [6.07, 6.45) is -0.516. The third-order valence-electron chi connectivity index (χ3n) is 7.49. The van der Waals surface area contributed by atoms with Crippen LogP contribution in [-0.4, -0.2) is 13.2 Å². The molecular formula is C36H27BrO3S. The van der Waals surface area contributed by atoms with Gasteiger partial charge in [0.15, 0.2) is 11.9 Å². The molecule has 202 valence electrons. The predicted molar refractivity (Wildman–Crippen MR) is 169 cm³/mol. The van der Waals surface area contributed by atoms with Crippen LogP contribution in [0.1, 0.15) is 28.5 Å². The van der Waals surface area contributed by atoms with Crippen molar-refractivity contribution in [2.75, 3.05) is 13.2 Å². The lowest BCUT2D eigenvalue weighted by molar-refractivity contribution is -0.0469. The largest absolute Gasteiger partial charge is 0.473 e. The van der Waals surface area contributed by atoms with Crippen LogP contribution in [0.2, 0.25) is 0 Å². The molecule has 0 atom stereocenters. The van der Waals surface area contributed by atoms with E-state index in [2.05, 4.69) is 131 Å². The van der Waals surface area contributed by atoms with E-state index in [9.17, 15) is 0 Å². The first kappa shape index (κ1) is 26.2. The molecule has 0 unspecified atom stereocenters. The van der Waals surface area contributed by atoms with Gasteiger partial charge in [0.2, 0.25) is 0 Å². The van der Waals surface area contributed by atoms with Crippen LogP contribution in [0.3, 0.4) is 0 Å². The second-order valence-electron chi connectivity index (χ2n) is 9.95. The standard InChI is InChI=1S/C36H27BrO3S/c37-33-29-18-10-11-19-32(29)41-34(33)25-20-21-31(30(24-25)35-38-22-23-39-35)40-36(26-12-4-1-5-13-26,27-14-6-2-7-15-27)28-16-8-3-9-17-28/h1-21,24,35H,22-23H2. The molecule has 1 aromatic heterocycles. The molecule has 1 aliphatic heterocycles. The molecule has 0 amide bonds. The monoisotopic (exact) mass is 618 g/mol. The Hall–Kier alpha value is -3.74.